The largest absolute Gasteiger partial charge is 0.397 e. The Labute approximate surface area is 483 Å². The summed E-state index contributed by atoms with van der Waals surface area (Å²) < 4.78 is 2.22. The van der Waals surface area contributed by atoms with E-state index in [9.17, 15) is 9.59 Å². The van der Waals surface area contributed by atoms with Gasteiger partial charge in [0.15, 0.2) is 0 Å². The highest BCUT2D eigenvalue weighted by Crippen LogP contribution is 2.36. The van der Waals surface area contributed by atoms with E-state index >= 15 is 0 Å². The average molecular weight is 1100 g/mol. The minimum Gasteiger partial charge on any atom is -0.397 e. The van der Waals surface area contributed by atoms with Crippen LogP contribution in [0.15, 0.2) is 162 Å². The molecule has 9 rings (SSSR count). The molecular weight excluding hydrogens is 1020 g/mol. The summed E-state index contributed by atoms with van der Waals surface area (Å²) in [5.74, 6) is -0.152. The van der Waals surface area contributed by atoms with Gasteiger partial charge in [-0.3, -0.25) is 14.6 Å². The van der Waals surface area contributed by atoms with E-state index in [4.69, 9.17) is 21.4 Å². The van der Waals surface area contributed by atoms with Gasteiger partial charge in [-0.15, -0.1) is 4.57 Å². The van der Waals surface area contributed by atoms with E-state index < -0.39 is 0 Å². The van der Waals surface area contributed by atoms with Crippen molar-refractivity contribution >= 4 is 85.1 Å². The number of aryl methyl sites for hydroxylation is 3. The maximum atomic E-state index is 13.1. The lowest BCUT2D eigenvalue weighted by atomic mass is 10.0. The second kappa shape index (κ2) is 27.3. The molecular formula is C68H79N12O2+. The van der Waals surface area contributed by atoms with E-state index in [2.05, 4.69) is 124 Å². The van der Waals surface area contributed by atoms with Crippen LogP contribution in [0.2, 0.25) is 0 Å². The molecule has 0 atom stereocenters. The number of allylic oxidation sites excluding steroid dienone is 3. The molecule has 0 spiro atoms. The van der Waals surface area contributed by atoms with Crippen LogP contribution in [0.1, 0.15) is 102 Å². The molecule has 0 saturated heterocycles. The summed E-state index contributed by atoms with van der Waals surface area (Å²) in [5, 5.41) is 23.6. The fourth-order valence-corrected chi connectivity index (χ4v) is 10.6. The molecule has 82 heavy (non-hydrogen) atoms. The number of carbonyl (C=O) groups is 2. The number of nitrogens with zero attached hydrogens (tertiary/aromatic N) is 3. The van der Waals surface area contributed by atoms with Crippen LogP contribution in [-0.4, -0.2) is 62.8 Å². The maximum Gasteiger partial charge on any atom is 0.251 e. The van der Waals surface area contributed by atoms with Crippen LogP contribution >= 0.6 is 0 Å². The molecule has 0 radical (unpaired) electrons. The standard InChI is InChI=1S/C68H78N12O2/c1-44-37-52(77-60-38-45(2)57(71-5)41-61(60)78-56-21-13-11-19-53(56)69)31-32-55(44)73-33-15-7-9-17-35-75-67(81)50-27-23-48(24-28-50)49-25-29-51(30-26-49)68(82)76-36-18-10-8-16-34-74-59-43-66-63(40-47(59)4)79-62-39-46(3)58(72-6)42-65(62)80(66)64-22-14-12-20-54(64)70/h11-14,19-30,32,37-43,71,73H,7-10,15-18,31,33-36,70H2,1-6H3,(H6,69,72,74,75,76,78,79,81,82)/p+1. The Hall–Kier alpha value is -9.17. The number of rotatable bonds is 25. The average Bonchev–Trinajstić information content (AvgIpc) is 1.69. The minimum atomic E-state index is -0.0787. The summed E-state index contributed by atoms with van der Waals surface area (Å²) in [5.41, 5.74) is 34.6. The summed E-state index contributed by atoms with van der Waals surface area (Å²) >= 11 is 0. The second-order valence-corrected chi connectivity index (χ2v) is 21.3. The van der Waals surface area contributed by atoms with Gasteiger partial charge in [-0.25, -0.2) is 4.98 Å². The van der Waals surface area contributed by atoms with Gasteiger partial charge in [-0.2, -0.15) is 0 Å². The van der Waals surface area contributed by atoms with Gasteiger partial charge in [0.05, 0.1) is 22.7 Å². The SMILES string of the molecule is CNc1cc(Nc2ccccc2N)c(N=C2C=C(C)C(NCCCCCCNC(=O)c3ccc(-c4ccc(C(=O)NCCCCCCNc5cc6c(cc5C)nc5cc(C)c(NC)cc5[n+]6-c5ccccc5N)cc4)cc3)=CC2)cc1C. The lowest BCUT2D eigenvalue weighted by molar-refractivity contribution is -0.537. The van der Waals surface area contributed by atoms with Crippen LogP contribution in [0.5, 0.6) is 0 Å². The number of hydrogen-bond donors (Lipinski definition) is 9. The molecule has 14 heteroatoms. The first-order valence-corrected chi connectivity index (χ1v) is 28.9. The van der Waals surface area contributed by atoms with E-state index in [1.165, 1.54) is 0 Å². The Morgan fingerprint density at radius 3 is 1.62 bits per heavy atom. The number of hydrogen-bond acceptors (Lipinski definition) is 11. The van der Waals surface area contributed by atoms with Gasteiger partial charge in [-0.1, -0.05) is 80.3 Å². The molecule has 1 heterocycles. The van der Waals surface area contributed by atoms with Gasteiger partial charge in [0.2, 0.25) is 16.7 Å². The minimum absolute atomic E-state index is 0.0738. The zero-order valence-corrected chi connectivity index (χ0v) is 48.4. The number of aliphatic imine (C=N–C) groups is 1. The Bertz CT molecular complexity index is 3680. The second-order valence-electron chi connectivity index (χ2n) is 21.3. The van der Waals surface area contributed by atoms with Crippen LogP contribution in [-0.2, 0) is 0 Å². The molecule has 0 bridgehead atoms. The van der Waals surface area contributed by atoms with Gasteiger partial charge < -0.3 is 48.7 Å². The molecule has 2 amide bonds. The number of nitrogens with two attached hydrogens (primary N) is 2. The highest BCUT2D eigenvalue weighted by atomic mass is 16.2. The van der Waals surface area contributed by atoms with Crippen molar-refractivity contribution in [3.63, 3.8) is 0 Å². The first-order chi connectivity index (χ1) is 39.9. The van der Waals surface area contributed by atoms with Crippen molar-refractivity contribution in [1.82, 2.24) is 20.9 Å². The maximum absolute atomic E-state index is 13.1. The van der Waals surface area contributed by atoms with Crippen molar-refractivity contribution in [2.45, 2.75) is 85.5 Å². The van der Waals surface area contributed by atoms with Crippen LogP contribution in [0.3, 0.4) is 0 Å². The molecule has 422 valence electrons. The summed E-state index contributed by atoms with van der Waals surface area (Å²) in [4.78, 5) is 36.2. The lowest BCUT2D eigenvalue weighted by Crippen LogP contribution is -2.34. The van der Waals surface area contributed by atoms with Crippen molar-refractivity contribution in [1.29, 1.82) is 0 Å². The first kappa shape index (κ1) is 57.5. The third kappa shape index (κ3) is 14.2. The Morgan fingerprint density at radius 2 is 1.05 bits per heavy atom. The molecule has 1 aliphatic rings. The van der Waals surface area contributed by atoms with Crippen molar-refractivity contribution in [2.24, 2.45) is 4.99 Å². The number of fused-ring (bicyclic) bond motifs is 2. The highest BCUT2D eigenvalue weighted by Gasteiger charge is 2.24. The number of benzene rings is 7. The third-order valence-corrected chi connectivity index (χ3v) is 15.3. The van der Waals surface area contributed by atoms with Crippen molar-refractivity contribution in [3.05, 3.63) is 185 Å². The topological polar surface area (TPSA) is 200 Å². The number of amides is 2. The molecule has 1 aromatic heterocycles. The van der Waals surface area contributed by atoms with Gasteiger partial charge in [-0.05, 0) is 160 Å². The van der Waals surface area contributed by atoms with E-state index in [1.807, 2.05) is 105 Å². The monoisotopic (exact) mass is 1100 g/mol. The lowest BCUT2D eigenvalue weighted by Gasteiger charge is -2.18. The van der Waals surface area contributed by atoms with Crippen LogP contribution in [0.25, 0.3) is 38.9 Å². The Morgan fingerprint density at radius 1 is 0.537 bits per heavy atom. The van der Waals surface area contributed by atoms with Crippen molar-refractivity contribution in [2.75, 3.05) is 73.0 Å². The quantitative estimate of drug-likeness (QED) is 0.0115. The molecule has 0 unspecified atom stereocenters. The number of nitrogen functional groups attached to an aromatic ring is 2. The van der Waals surface area contributed by atoms with Crippen LogP contribution in [0.4, 0.5) is 45.5 Å². The molecule has 8 aromatic rings. The predicted molar refractivity (Wildman–Crippen MR) is 343 cm³/mol. The van der Waals surface area contributed by atoms with Gasteiger partial charge in [0.1, 0.15) is 16.7 Å². The first-order valence-electron chi connectivity index (χ1n) is 28.9. The fourth-order valence-electron chi connectivity index (χ4n) is 10.6. The van der Waals surface area contributed by atoms with Crippen molar-refractivity contribution in [3.8, 4) is 16.8 Å². The smallest absolute Gasteiger partial charge is 0.251 e. The molecule has 0 aliphatic heterocycles. The van der Waals surface area contributed by atoms with Gasteiger partial charge in [0.25, 0.3) is 11.8 Å². The number of para-hydroxylation sites is 4. The van der Waals surface area contributed by atoms with Crippen molar-refractivity contribution < 1.29 is 14.2 Å². The summed E-state index contributed by atoms with van der Waals surface area (Å²) in [6.45, 7) is 11.4. The molecule has 11 N–H and O–H groups in total. The number of aromatic nitrogens is 2. The summed E-state index contributed by atoms with van der Waals surface area (Å²) in [6.07, 6.45) is 13.1. The summed E-state index contributed by atoms with van der Waals surface area (Å²) in [6, 6.07) is 43.8. The normalized spacial score (nSPS) is 12.7. The number of unbranched alkanes of at least 4 members (excludes halogenated alkanes) is 6. The van der Waals surface area contributed by atoms with Crippen LogP contribution in [0, 0.1) is 20.8 Å². The molecule has 0 saturated carbocycles. The molecule has 1 aliphatic carbocycles. The number of carbonyl (C=O) groups excluding carboxylic acids is 2. The third-order valence-electron chi connectivity index (χ3n) is 15.3. The molecule has 0 fully saturated rings. The fraction of sp³-hybridized carbons (Fsp3) is 0.279. The number of nitrogens with one attached hydrogen (secondary N) is 7. The molecule has 7 aromatic carbocycles. The highest BCUT2D eigenvalue weighted by molar-refractivity contribution is 6.01. The summed E-state index contributed by atoms with van der Waals surface area (Å²) in [7, 11) is 3.86. The van der Waals surface area contributed by atoms with E-state index in [1.54, 1.807) is 0 Å². The Balaban J connectivity index is 0.648. The molecule has 14 nitrogen and oxygen atoms in total. The van der Waals surface area contributed by atoms with Gasteiger partial charge >= 0.3 is 0 Å². The van der Waals surface area contributed by atoms with E-state index in [0.29, 0.717) is 35.6 Å². The predicted octanol–water partition coefficient (Wildman–Crippen LogP) is 13.5. The van der Waals surface area contributed by atoms with E-state index in [0.717, 1.165) is 178 Å². The van der Waals surface area contributed by atoms with Gasteiger partial charge in [0, 0.05) is 104 Å². The zero-order chi connectivity index (χ0) is 57.5. The number of anilines is 7. The Kier molecular flexibility index (Phi) is 19.2. The van der Waals surface area contributed by atoms with E-state index in [-0.39, 0.29) is 11.8 Å². The van der Waals surface area contributed by atoms with Crippen LogP contribution < -0.4 is 53.3 Å². The zero-order valence-electron chi connectivity index (χ0n) is 48.4.